The van der Waals surface area contributed by atoms with Gasteiger partial charge in [-0.3, -0.25) is 9.59 Å². The molecule has 1 aliphatic rings. The number of fused-ring (bicyclic) bond motifs is 1. The summed E-state index contributed by atoms with van der Waals surface area (Å²) >= 11 is 1.66. The van der Waals surface area contributed by atoms with Gasteiger partial charge in [0, 0.05) is 27.3 Å². The summed E-state index contributed by atoms with van der Waals surface area (Å²) in [6, 6.07) is 22.0. The third-order valence-electron chi connectivity index (χ3n) is 4.79. The van der Waals surface area contributed by atoms with Crippen LogP contribution in [0.3, 0.4) is 0 Å². The molecule has 3 aromatic carbocycles. The maximum absolute atomic E-state index is 12.8. The highest BCUT2D eigenvalue weighted by Gasteiger charge is 2.21. The van der Waals surface area contributed by atoms with E-state index >= 15 is 0 Å². The second kappa shape index (κ2) is 9.01. The van der Waals surface area contributed by atoms with Gasteiger partial charge in [-0.1, -0.05) is 24.3 Å². The van der Waals surface area contributed by atoms with Crippen molar-refractivity contribution < 1.29 is 19.1 Å². The molecule has 3 aromatic rings. The van der Waals surface area contributed by atoms with Gasteiger partial charge in [-0.2, -0.15) is 0 Å². The van der Waals surface area contributed by atoms with Gasteiger partial charge in [0.25, 0.3) is 0 Å². The summed E-state index contributed by atoms with van der Waals surface area (Å²) < 4.78 is 10.8. The Balaban J connectivity index is 1.44. The van der Waals surface area contributed by atoms with Gasteiger partial charge in [-0.05, 0) is 60.2 Å². The lowest BCUT2D eigenvalue weighted by Gasteiger charge is -2.16. The molecule has 0 spiro atoms. The highest BCUT2D eigenvalue weighted by Crippen LogP contribution is 2.33. The summed E-state index contributed by atoms with van der Waals surface area (Å²) in [6.07, 6.45) is 1.89. The van der Waals surface area contributed by atoms with E-state index in [4.69, 9.17) is 9.47 Å². The molecule has 0 bridgehead atoms. The van der Waals surface area contributed by atoms with Gasteiger partial charge in [0.05, 0.1) is 7.11 Å². The van der Waals surface area contributed by atoms with Gasteiger partial charge < -0.3 is 9.47 Å². The van der Waals surface area contributed by atoms with Crippen LogP contribution >= 0.6 is 11.8 Å². The first-order valence-corrected chi connectivity index (χ1v) is 10.5. The Morgan fingerprint density at radius 3 is 2.60 bits per heavy atom. The van der Waals surface area contributed by atoms with Crippen LogP contribution in [0.5, 0.6) is 11.5 Å². The Labute approximate surface area is 179 Å². The molecule has 0 radical (unpaired) electrons. The number of Topliss-reactive ketones (excluding diaryl/α,β-unsaturated/α-hetero) is 2. The Bertz CT molecular complexity index is 1120. The third kappa shape index (κ3) is 4.47. The van der Waals surface area contributed by atoms with Crippen LogP contribution in [0.25, 0.3) is 6.08 Å². The van der Waals surface area contributed by atoms with E-state index in [0.717, 1.165) is 21.6 Å². The zero-order valence-electron chi connectivity index (χ0n) is 16.5. The average Bonchev–Trinajstić information content (AvgIpc) is 2.80. The molecular weight excluding hydrogens is 396 g/mol. The highest BCUT2D eigenvalue weighted by atomic mass is 32.2. The van der Waals surface area contributed by atoms with Crippen LogP contribution < -0.4 is 9.47 Å². The lowest BCUT2D eigenvalue weighted by Crippen LogP contribution is -2.12. The summed E-state index contributed by atoms with van der Waals surface area (Å²) in [6.45, 7) is -0.0610. The number of ether oxygens (including phenoxy) is 2. The van der Waals surface area contributed by atoms with Gasteiger partial charge in [-0.25, -0.2) is 0 Å². The second-order valence-electron chi connectivity index (χ2n) is 6.80. The minimum absolute atomic E-state index is 0.0605. The Kier molecular flexibility index (Phi) is 6.00. The first-order valence-electron chi connectivity index (χ1n) is 9.51. The average molecular weight is 416 g/mol. The largest absolute Gasteiger partial charge is 0.497 e. The van der Waals surface area contributed by atoms with Gasteiger partial charge in [0.2, 0.25) is 0 Å². The SMILES string of the molecule is COc1ccc(C(=O)COc2cccc(/C=C3\CSc4ccccc4C3=O)c2)cc1. The molecule has 0 atom stereocenters. The number of carbonyl (C=O) groups is 2. The van der Waals surface area contributed by atoms with Crippen LogP contribution in [0.2, 0.25) is 0 Å². The number of methoxy groups -OCH3 is 1. The van der Waals surface area contributed by atoms with E-state index in [1.165, 1.54) is 0 Å². The minimum atomic E-state index is -0.114. The highest BCUT2D eigenvalue weighted by molar-refractivity contribution is 7.99. The van der Waals surface area contributed by atoms with Crippen LogP contribution in [0.4, 0.5) is 0 Å². The minimum Gasteiger partial charge on any atom is -0.497 e. The zero-order valence-corrected chi connectivity index (χ0v) is 17.3. The summed E-state index contributed by atoms with van der Waals surface area (Å²) in [4.78, 5) is 26.1. The van der Waals surface area contributed by atoms with E-state index < -0.39 is 0 Å². The lowest BCUT2D eigenvalue weighted by molar-refractivity contribution is 0.0921. The normalized spacial score (nSPS) is 14.3. The summed E-state index contributed by atoms with van der Waals surface area (Å²) in [5.74, 6) is 1.87. The number of thioether (sulfide) groups is 1. The molecular formula is C25H20O4S. The van der Waals surface area contributed by atoms with Gasteiger partial charge in [-0.15, -0.1) is 11.8 Å². The molecule has 0 amide bonds. The van der Waals surface area contributed by atoms with E-state index in [1.54, 1.807) is 49.2 Å². The van der Waals surface area contributed by atoms with E-state index in [9.17, 15) is 9.59 Å². The van der Waals surface area contributed by atoms with Crippen molar-refractivity contribution in [1.82, 2.24) is 0 Å². The Hall–Kier alpha value is -3.31. The van der Waals surface area contributed by atoms with Crippen molar-refractivity contribution in [3.05, 3.63) is 95.1 Å². The lowest BCUT2D eigenvalue weighted by atomic mass is 10.0. The molecule has 30 heavy (non-hydrogen) atoms. The molecule has 0 N–H and O–H groups in total. The molecule has 1 heterocycles. The quantitative estimate of drug-likeness (QED) is 0.402. The van der Waals surface area contributed by atoms with Crippen molar-refractivity contribution in [2.75, 3.05) is 19.5 Å². The predicted molar refractivity (Wildman–Crippen MR) is 119 cm³/mol. The van der Waals surface area contributed by atoms with Crippen molar-refractivity contribution in [1.29, 1.82) is 0 Å². The molecule has 0 fully saturated rings. The first kappa shape index (κ1) is 20.0. The number of benzene rings is 3. The van der Waals surface area contributed by atoms with Crippen LogP contribution in [-0.4, -0.2) is 31.0 Å². The van der Waals surface area contributed by atoms with E-state index in [-0.39, 0.29) is 18.2 Å². The number of carbonyl (C=O) groups excluding carboxylic acids is 2. The molecule has 0 saturated heterocycles. The predicted octanol–water partition coefficient (Wildman–Crippen LogP) is 5.33. The Morgan fingerprint density at radius 1 is 1.00 bits per heavy atom. The number of hydrogen-bond donors (Lipinski definition) is 0. The van der Waals surface area contributed by atoms with Crippen molar-refractivity contribution in [2.45, 2.75) is 4.90 Å². The fraction of sp³-hybridized carbons (Fsp3) is 0.120. The molecule has 0 unspecified atom stereocenters. The van der Waals surface area contributed by atoms with Crippen molar-refractivity contribution in [2.24, 2.45) is 0 Å². The molecule has 0 aromatic heterocycles. The fourth-order valence-corrected chi connectivity index (χ4v) is 4.20. The summed E-state index contributed by atoms with van der Waals surface area (Å²) in [7, 11) is 1.58. The first-order chi connectivity index (χ1) is 14.6. The maximum Gasteiger partial charge on any atom is 0.200 e. The van der Waals surface area contributed by atoms with Gasteiger partial charge in [0.1, 0.15) is 11.5 Å². The fourth-order valence-electron chi connectivity index (χ4n) is 3.19. The smallest absolute Gasteiger partial charge is 0.200 e. The maximum atomic E-state index is 12.8. The summed E-state index contributed by atoms with van der Waals surface area (Å²) in [5.41, 5.74) is 2.94. The van der Waals surface area contributed by atoms with Crippen LogP contribution in [0, 0.1) is 0 Å². The second-order valence-corrected chi connectivity index (χ2v) is 7.81. The molecule has 0 aliphatic carbocycles. The van der Waals surface area contributed by atoms with Crippen LogP contribution in [0.15, 0.2) is 83.3 Å². The van der Waals surface area contributed by atoms with E-state index in [0.29, 0.717) is 22.8 Å². The monoisotopic (exact) mass is 416 g/mol. The van der Waals surface area contributed by atoms with Crippen molar-refractivity contribution >= 4 is 29.4 Å². The zero-order chi connectivity index (χ0) is 20.9. The molecule has 4 nitrogen and oxygen atoms in total. The Morgan fingerprint density at radius 2 is 1.80 bits per heavy atom. The molecule has 1 aliphatic heterocycles. The van der Waals surface area contributed by atoms with Crippen LogP contribution in [-0.2, 0) is 0 Å². The standard InChI is InChI=1S/C25H20O4S/c1-28-20-11-9-18(10-12-20)23(26)15-29-21-6-4-5-17(14-21)13-19-16-30-24-8-3-2-7-22(24)25(19)27/h2-14H,15-16H2,1H3/b19-13+. The van der Waals surface area contributed by atoms with E-state index in [1.807, 2.05) is 48.5 Å². The topological polar surface area (TPSA) is 52.6 Å². The van der Waals surface area contributed by atoms with Crippen molar-refractivity contribution in [3.8, 4) is 11.5 Å². The van der Waals surface area contributed by atoms with E-state index in [2.05, 4.69) is 0 Å². The molecule has 0 saturated carbocycles. The van der Waals surface area contributed by atoms with Crippen molar-refractivity contribution in [3.63, 3.8) is 0 Å². The van der Waals surface area contributed by atoms with Gasteiger partial charge >= 0.3 is 0 Å². The number of hydrogen-bond acceptors (Lipinski definition) is 5. The van der Waals surface area contributed by atoms with Gasteiger partial charge in [0.15, 0.2) is 18.2 Å². The van der Waals surface area contributed by atoms with Crippen LogP contribution in [0.1, 0.15) is 26.3 Å². The molecule has 5 heteroatoms. The molecule has 4 rings (SSSR count). The summed E-state index contributed by atoms with van der Waals surface area (Å²) in [5, 5.41) is 0. The number of ketones is 2. The molecule has 150 valence electrons. The number of rotatable bonds is 6. The third-order valence-corrected chi connectivity index (χ3v) is 5.91.